The second kappa shape index (κ2) is 7.02. The van der Waals surface area contributed by atoms with Gasteiger partial charge in [0.1, 0.15) is 10.8 Å². The molecule has 7 heteroatoms. The summed E-state index contributed by atoms with van der Waals surface area (Å²) in [4.78, 5) is 4.26. The fourth-order valence-corrected chi connectivity index (χ4v) is 3.01. The third-order valence-corrected chi connectivity index (χ3v) is 4.66. The van der Waals surface area contributed by atoms with Crippen molar-refractivity contribution in [3.05, 3.63) is 53.5 Å². The van der Waals surface area contributed by atoms with Crippen LogP contribution >= 0.6 is 23.4 Å². The minimum absolute atomic E-state index is 0.0538. The number of benzene rings is 1. The highest BCUT2D eigenvalue weighted by atomic mass is 35.5. The van der Waals surface area contributed by atoms with Crippen molar-refractivity contribution >= 4 is 23.4 Å². The minimum atomic E-state index is -0.0538. The zero-order valence-electron chi connectivity index (χ0n) is 12.6. The molecule has 0 radical (unpaired) electrons. The van der Waals surface area contributed by atoms with E-state index < -0.39 is 0 Å². The van der Waals surface area contributed by atoms with Gasteiger partial charge in [-0.1, -0.05) is 23.4 Å². The molecule has 0 bridgehead atoms. The second-order valence-electron chi connectivity index (χ2n) is 4.72. The number of nitrogens with zero attached hydrogens (tertiary/aromatic N) is 3. The molecule has 0 fully saturated rings. The van der Waals surface area contributed by atoms with Crippen molar-refractivity contribution in [3.8, 4) is 17.2 Å². The summed E-state index contributed by atoms with van der Waals surface area (Å²) in [5.74, 6) is 1.78. The monoisotopic (exact) mass is 347 g/mol. The van der Waals surface area contributed by atoms with E-state index in [1.807, 2.05) is 31.2 Å². The summed E-state index contributed by atoms with van der Waals surface area (Å²) in [5, 5.41) is 9.52. The zero-order chi connectivity index (χ0) is 16.2. The predicted octanol–water partition coefficient (Wildman–Crippen LogP) is 4.65. The highest BCUT2D eigenvalue weighted by molar-refractivity contribution is 7.99. The summed E-state index contributed by atoms with van der Waals surface area (Å²) in [6.07, 6.45) is 1.71. The Labute approximate surface area is 143 Å². The standard InChI is InChI=1S/C16H14ClN3O2S/c1-10(23-16-13(17)4-3-9-18-16)14-19-20-15(22-14)11-5-7-12(21-2)8-6-11/h3-10H,1-2H3/t10-/m1/s1. The highest BCUT2D eigenvalue weighted by Gasteiger charge is 2.18. The quantitative estimate of drug-likeness (QED) is 0.626. The summed E-state index contributed by atoms with van der Waals surface area (Å²) >= 11 is 7.60. The first-order chi connectivity index (χ1) is 11.2. The van der Waals surface area contributed by atoms with Crippen LogP contribution in [0.5, 0.6) is 5.75 Å². The van der Waals surface area contributed by atoms with E-state index in [1.54, 1.807) is 25.4 Å². The molecule has 0 unspecified atom stereocenters. The summed E-state index contributed by atoms with van der Waals surface area (Å²) in [6.45, 7) is 1.97. The van der Waals surface area contributed by atoms with Crippen molar-refractivity contribution < 1.29 is 9.15 Å². The third kappa shape index (κ3) is 3.65. The van der Waals surface area contributed by atoms with Crippen LogP contribution in [0.1, 0.15) is 18.1 Å². The van der Waals surface area contributed by atoms with Crippen molar-refractivity contribution in [2.45, 2.75) is 17.2 Å². The Kier molecular flexibility index (Phi) is 4.83. The van der Waals surface area contributed by atoms with Gasteiger partial charge in [-0.2, -0.15) is 0 Å². The van der Waals surface area contributed by atoms with Crippen molar-refractivity contribution in [1.82, 2.24) is 15.2 Å². The normalized spacial score (nSPS) is 12.1. The molecule has 0 N–H and O–H groups in total. The lowest BCUT2D eigenvalue weighted by Gasteiger charge is -2.06. The molecule has 2 heterocycles. The van der Waals surface area contributed by atoms with Crippen LogP contribution in [-0.4, -0.2) is 22.3 Å². The number of hydrogen-bond donors (Lipinski definition) is 0. The van der Waals surface area contributed by atoms with Crippen LogP contribution in [0.2, 0.25) is 5.02 Å². The van der Waals surface area contributed by atoms with Gasteiger partial charge in [0.15, 0.2) is 0 Å². The summed E-state index contributed by atoms with van der Waals surface area (Å²) in [6, 6.07) is 11.1. The van der Waals surface area contributed by atoms with Crippen LogP contribution in [-0.2, 0) is 0 Å². The largest absolute Gasteiger partial charge is 0.497 e. The molecule has 3 aromatic rings. The first-order valence-electron chi connectivity index (χ1n) is 6.92. The van der Waals surface area contributed by atoms with Crippen molar-refractivity contribution in [2.24, 2.45) is 0 Å². The van der Waals surface area contributed by atoms with Crippen LogP contribution in [0.4, 0.5) is 0 Å². The van der Waals surface area contributed by atoms with Crippen molar-refractivity contribution in [2.75, 3.05) is 7.11 Å². The van der Waals surface area contributed by atoms with Crippen LogP contribution < -0.4 is 4.74 Å². The third-order valence-electron chi connectivity index (χ3n) is 3.14. The van der Waals surface area contributed by atoms with Gasteiger partial charge in [0.05, 0.1) is 17.4 Å². The van der Waals surface area contributed by atoms with Crippen LogP contribution in [0.15, 0.2) is 52.0 Å². The summed E-state index contributed by atoms with van der Waals surface area (Å²) in [7, 11) is 1.63. The number of rotatable bonds is 5. The van der Waals surface area contributed by atoms with Gasteiger partial charge in [-0.25, -0.2) is 4.98 Å². The van der Waals surface area contributed by atoms with Gasteiger partial charge in [0.25, 0.3) is 0 Å². The maximum absolute atomic E-state index is 6.12. The van der Waals surface area contributed by atoms with Crippen molar-refractivity contribution in [1.29, 1.82) is 0 Å². The highest BCUT2D eigenvalue weighted by Crippen LogP contribution is 2.37. The number of methoxy groups -OCH3 is 1. The van der Waals surface area contributed by atoms with Gasteiger partial charge in [0, 0.05) is 11.8 Å². The van der Waals surface area contributed by atoms with Crippen LogP contribution in [0.25, 0.3) is 11.5 Å². The van der Waals surface area contributed by atoms with Gasteiger partial charge < -0.3 is 9.15 Å². The van der Waals surface area contributed by atoms with Gasteiger partial charge in [-0.05, 0) is 43.3 Å². The van der Waals surface area contributed by atoms with Crippen molar-refractivity contribution in [3.63, 3.8) is 0 Å². The van der Waals surface area contributed by atoms with E-state index in [2.05, 4.69) is 15.2 Å². The Morgan fingerprint density at radius 1 is 1.17 bits per heavy atom. The first-order valence-corrected chi connectivity index (χ1v) is 8.18. The Balaban J connectivity index is 1.76. The van der Waals surface area contributed by atoms with Crippen LogP contribution in [0.3, 0.4) is 0 Å². The molecule has 118 valence electrons. The van der Waals surface area contributed by atoms with E-state index in [1.165, 1.54) is 11.8 Å². The molecule has 3 rings (SSSR count). The molecule has 0 spiro atoms. The van der Waals surface area contributed by atoms with E-state index in [9.17, 15) is 0 Å². The molecule has 23 heavy (non-hydrogen) atoms. The maximum atomic E-state index is 6.12. The number of ether oxygens (including phenoxy) is 1. The lowest BCUT2D eigenvalue weighted by molar-refractivity contribution is 0.415. The first kappa shape index (κ1) is 15.8. The van der Waals surface area contributed by atoms with E-state index in [0.29, 0.717) is 16.8 Å². The van der Waals surface area contributed by atoms with Gasteiger partial charge in [-0.15, -0.1) is 10.2 Å². The average Bonchev–Trinajstić information content (AvgIpc) is 3.07. The zero-order valence-corrected chi connectivity index (χ0v) is 14.1. The van der Waals surface area contributed by atoms with Gasteiger partial charge in [-0.3, -0.25) is 0 Å². The molecular weight excluding hydrogens is 334 g/mol. The molecule has 0 saturated carbocycles. The molecule has 1 aromatic carbocycles. The molecule has 1 atom stereocenters. The second-order valence-corrected chi connectivity index (χ2v) is 6.46. The van der Waals surface area contributed by atoms with E-state index in [-0.39, 0.29) is 5.25 Å². The number of halogens is 1. The molecule has 0 aliphatic heterocycles. The summed E-state index contributed by atoms with van der Waals surface area (Å²) < 4.78 is 10.9. The molecule has 0 aliphatic carbocycles. The number of pyridine rings is 1. The Bertz CT molecular complexity index is 792. The SMILES string of the molecule is COc1ccc(-c2nnc([C@@H](C)Sc3ncccc3Cl)o2)cc1. The molecule has 0 saturated heterocycles. The molecule has 0 amide bonds. The maximum Gasteiger partial charge on any atom is 0.247 e. The topological polar surface area (TPSA) is 61.0 Å². The predicted molar refractivity (Wildman–Crippen MR) is 89.8 cm³/mol. The minimum Gasteiger partial charge on any atom is -0.497 e. The molecule has 5 nitrogen and oxygen atoms in total. The smallest absolute Gasteiger partial charge is 0.247 e. The lowest BCUT2D eigenvalue weighted by atomic mass is 10.2. The average molecular weight is 348 g/mol. The summed E-state index contributed by atoms with van der Waals surface area (Å²) in [5.41, 5.74) is 0.845. The number of thioether (sulfide) groups is 1. The fourth-order valence-electron chi connectivity index (χ4n) is 1.92. The lowest BCUT2D eigenvalue weighted by Crippen LogP contribution is -1.90. The Morgan fingerprint density at radius 2 is 1.96 bits per heavy atom. The molecule has 2 aromatic heterocycles. The van der Waals surface area contributed by atoms with Gasteiger partial charge >= 0.3 is 0 Å². The molecule has 0 aliphatic rings. The van der Waals surface area contributed by atoms with Crippen LogP contribution in [0, 0.1) is 0 Å². The number of aromatic nitrogens is 3. The Morgan fingerprint density at radius 3 is 2.65 bits per heavy atom. The Hall–Kier alpha value is -2.05. The molecular formula is C16H14ClN3O2S. The van der Waals surface area contributed by atoms with E-state index >= 15 is 0 Å². The van der Waals surface area contributed by atoms with E-state index in [4.69, 9.17) is 20.8 Å². The number of hydrogen-bond acceptors (Lipinski definition) is 6. The fraction of sp³-hybridized carbons (Fsp3) is 0.188. The van der Waals surface area contributed by atoms with Gasteiger partial charge in [0.2, 0.25) is 11.8 Å². The van der Waals surface area contributed by atoms with E-state index in [0.717, 1.165) is 16.3 Å².